The number of fused-ring (bicyclic) bond motifs is 1. The summed E-state index contributed by atoms with van der Waals surface area (Å²) in [6.07, 6.45) is 0. The standard InChI is InChI=1S/C23H23ClN4O2/c1-25-22(29)15-27-10-12-28(13-11-27)23(30)19-14-21(16-6-8-17(24)9-7-16)26-20-5-3-2-4-18(19)20/h2-9,14H,10-13,15H2,1H3,(H,25,29). The highest BCUT2D eigenvalue weighted by molar-refractivity contribution is 6.30. The second kappa shape index (κ2) is 8.81. The minimum Gasteiger partial charge on any atom is -0.358 e. The summed E-state index contributed by atoms with van der Waals surface area (Å²) in [5.41, 5.74) is 3.08. The van der Waals surface area contributed by atoms with Gasteiger partial charge in [-0.05, 0) is 24.3 Å². The number of hydrogen-bond donors (Lipinski definition) is 1. The summed E-state index contributed by atoms with van der Waals surface area (Å²) >= 11 is 6.02. The molecule has 1 fully saturated rings. The van der Waals surface area contributed by atoms with Crippen molar-refractivity contribution in [3.05, 3.63) is 65.2 Å². The molecule has 2 aromatic carbocycles. The van der Waals surface area contributed by atoms with Crippen molar-refractivity contribution in [3.8, 4) is 11.3 Å². The van der Waals surface area contributed by atoms with E-state index in [1.807, 2.05) is 59.5 Å². The normalized spacial score (nSPS) is 14.7. The molecule has 2 amide bonds. The van der Waals surface area contributed by atoms with Gasteiger partial charge in [0, 0.05) is 49.2 Å². The number of amides is 2. The van der Waals surface area contributed by atoms with Crippen LogP contribution in [-0.2, 0) is 4.79 Å². The number of carbonyl (C=O) groups is 2. The molecule has 1 aliphatic rings. The van der Waals surface area contributed by atoms with Crippen LogP contribution in [0.4, 0.5) is 0 Å². The van der Waals surface area contributed by atoms with Gasteiger partial charge in [0.1, 0.15) is 0 Å². The molecule has 0 aliphatic carbocycles. The fraction of sp³-hybridized carbons (Fsp3) is 0.261. The van der Waals surface area contributed by atoms with E-state index in [0.717, 1.165) is 22.2 Å². The number of aromatic nitrogens is 1. The first-order valence-corrected chi connectivity index (χ1v) is 10.3. The Kier molecular flexibility index (Phi) is 5.97. The molecule has 2 heterocycles. The highest BCUT2D eigenvalue weighted by Crippen LogP contribution is 2.27. The third-order valence-corrected chi connectivity index (χ3v) is 5.64. The Balaban J connectivity index is 1.62. The summed E-state index contributed by atoms with van der Waals surface area (Å²) in [5, 5.41) is 4.14. The number of benzene rings is 2. The van der Waals surface area contributed by atoms with Crippen LogP contribution in [-0.4, -0.2) is 66.4 Å². The van der Waals surface area contributed by atoms with Crippen LogP contribution in [0.5, 0.6) is 0 Å². The highest BCUT2D eigenvalue weighted by atomic mass is 35.5. The van der Waals surface area contributed by atoms with Crippen LogP contribution >= 0.6 is 11.6 Å². The Hall–Kier alpha value is -2.96. The van der Waals surface area contributed by atoms with Crippen LogP contribution in [0.15, 0.2) is 54.6 Å². The Bertz CT molecular complexity index is 1080. The van der Waals surface area contributed by atoms with Crippen molar-refractivity contribution in [2.24, 2.45) is 0 Å². The highest BCUT2D eigenvalue weighted by Gasteiger charge is 2.25. The number of rotatable bonds is 4. The van der Waals surface area contributed by atoms with E-state index in [1.54, 1.807) is 7.05 Å². The molecule has 7 heteroatoms. The van der Waals surface area contributed by atoms with Gasteiger partial charge < -0.3 is 10.2 Å². The van der Waals surface area contributed by atoms with E-state index in [-0.39, 0.29) is 11.8 Å². The molecule has 154 valence electrons. The summed E-state index contributed by atoms with van der Waals surface area (Å²) in [5.74, 6) is -0.0223. The maximum atomic E-state index is 13.4. The molecule has 1 saturated heterocycles. The van der Waals surface area contributed by atoms with Gasteiger partial charge in [-0.25, -0.2) is 4.98 Å². The van der Waals surface area contributed by atoms with E-state index < -0.39 is 0 Å². The Labute approximate surface area is 180 Å². The van der Waals surface area contributed by atoms with Gasteiger partial charge in [-0.3, -0.25) is 14.5 Å². The molecular weight excluding hydrogens is 400 g/mol. The van der Waals surface area contributed by atoms with E-state index in [2.05, 4.69) is 10.2 Å². The zero-order valence-corrected chi connectivity index (χ0v) is 17.5. The molecule has 0 bridgehead atoms. The smallest absolute Gasteiger partial charge is 0.254 e. The quantitative estimate of drug-likeness (QED) is 0.701. The molecule has 6 nitrogen and oxygen atoms in total. The van der Waals surface area contributed by atoms with Crippen LogP contribution in [0.2, 0.25) is 5.02 Å². The zero-order valence-electron chi connectivity index (χ0n) is 16.8. The lowest BCUT2D eigenvalue weighted by Gasteiger charge is -2.34. The van der Waals surface area contributed by atoms with Crippen molar-refractivity contribution in [2.75, 3.05) is 39.8 Å². The lowest BCUT2D eigenvalue weighted by atomic mass is 10.0. The maximum Gasteiger partial charge on any atom is 0.254 e. The van der Waals surface area contributed by atoms with Crippen LogP contribution in [0.3, 0.4) is 0 Å². The number of piperazine rings is 1. The van der Waals surface area contributed by atoms with Gasteiger partial charge in [-0.15, -0.1) is 0 Å². The molecule has 1 aliphatic heterocycles. The molecule has 1 N–H and O–H groups in total. The third-order valence-electron chi connectivity index (χ3n) is 5.39. The molecule has 0 radical (unpaired) electrons. The predicted molar refractivity (Wildman–Crippen MR) is 119 cm³/mol. The molecule has 4 rings (SSSR count). The first-order valence-electron chi connectivity index (χ1n) is 9.93. The number of nitrogens with zero attached hydrogens (tertiary/aromatic N) is 3. The largest absolute Gasteiger partial charge is 0.358 e. The average Bonchev–Trinajstić information content (AvgIpc) is 2.78. The van der Waals surface area contributed by atoms with Crippen LogP contribution in [0, 0.1) is 0 Å². The second-order valence-corrected chi connectivity index (χ2v) is 7.76. The number of hydrogen-bond acceptors (Lipinski definition) is 4. The fourth-order valence-corrected chi connectivity index (χ4v) is 3.81. The summed E-state index contributed by atoms with van der Waals surface area (Å²) in [7, 11) is 1.63. The average molecular weight is 423 g/mol. The van der Waals surface area contributed by atoms with E-state index in [1.165, 1.54) is 0 Å². The van der Waals surface area contributed by atoms with Gasteiger partial charge in [0.15, 0.2) is 0 Å². The van der Waals surface area contributed by atoms with Gasteiger partial charge in [0.05, 0.1) is 23.3 Å². The van der Waals surface area contributed by atoms with Gasteiger partial charge in [-0.2, -0.15) is 0 Å². The molecule has 0 spiro atoms. The molecule has 30 heavy (non-hydrogen) atoms. The monoisotopic (exact) mass is 422 g/mol. The molecule has 0 unspecified atom stereocenters. The van der Waals surface area contributed by atoms with Gasteiger partial charge in [0.25, 0.3) is 5.91 Å². The number of carbonyl (C=O) groups excluding carboxylic acids is 2. The number of likely N-dealkylation sites (N-methyl/N-ethyl adjacent to an activating group) is 1. The van der Waals surface area contributed by atoms with E-state index in [4.69, 9.17) is 16.6 Å². The van der Waals surface area contributed by atoms with E-state index in [0.29, 0.717) is 43.3 Å². The Morgan fingerprint density at radius 2 is 1.73 bits per heavy atom. The topological polar surface area (TPSA) is 65.5 Å². The van der Waals surface area contributed by atoms with Gasteiger partial charge in [0.2, 0.25) is 5.91 Å². The van der Waals surface area contributed by atoms with Gasteiger partial charge >= 0.3 is 0 Å². The number of halogens is 1. The first kappa shape index (κ1) is 20.3. The van der Waals surface area contributed by atoms with Crippen LogP contribution < -0.4 is 5.32 Å². The summed E-state index contributed by atoms with van der Waals surface area (Å²) in [4.78, 5) is 33.7. The molecule has 3 aromatic rings. The molecule has 0 saturated carbocycles. The SMILES string of the molecule is CNC(=O)CN1CCN(C(=O)c2cc(-c3ccc(Cl)cc3)nc3ccccc23)CC1. The molecule has 0 atom stereocenters. The van der Waals surface area contributed by atoms with Crippen molar-refractivity contribution >= 4 is 34.3 Å². The second-order valence-electron chi connectivity index (χ2n) is 7.32. The first-order chi connectivity index (χ1) is 14.5. The third kappa shape index (κ3) is 4.30. The molecular formula is C23H23ClN4O2. The van der Waals surface area contributed by atoms with Gasteiger partial charge in [-0.1, -0.05) is 41.9 Å². The van der Waals surface area contributed by atoms with Crippen LogP contribution in [0.25, 0.3) is 22.2 Å². The van der Waals surface area contributed by atoms with Crippen molar-refractivity contribution in [1.82, 2.24) is 20.1 Å². The lowest BCUT2D eigenvalue weighted by molar-refractivity contribution is -0.122. The summed E-state index contributed by atoms with van der Waals surface area (Å²) in [6.45, 7) is 2.88. The van der Waals surface area contributed by atoms with Crippen molar-refractivity contribution < 1.29 is 9.59 Å². The zero-order chi connectivity index (χ0) is 21.1. The number of nitrogens with one attached hydrogen (secondary N) is 1. The minimum absolute atomic E-state index is 0.0107. The lowest BCUT2D eigenvalue weighted by Crippen LogP contribution is -2.50. The van der Waals surface area contributed by atoms with Crippen molar-refractivity contribution in [2.45, 2.75) is 0 Å². The Morgan fingerprint density at radius 1 is 1.03 bits per heavy atom. The maximum absolute atomic E-state index is 13.4. The minimum atomic E-state index is -0.0116. The van der Waals surface area contributed by atoms with Crippen LogP contribution in [0.1, 0.15) is 10.4 Å². The fourth-order valence-electron chi connectivity index (χ4n) is 3.68. The van der Waals surface area contributed by atoms with Crippen molar-refractivity contribution in [1.29, 1.82) is 0 Å². The van der Waals surface area contributed by atoms with E-state index in [9.17, 15) is 9.59 Å². The predicted octanol–water partition coefficient (Wildman–Crippen LogP) is 3.06. The molecule has 1 aromatic heterocycles. The number of para-hydroxylation sites is 1. The van der Waals surface area contributed by atoms with E-state index >= 15 is 0 Å². The Morgan fingerprint density at radius 3 is 2.43 bits per heavy atom. The summed E-state index contributed by atoms with van der Waals surface area (Å²) in [6, 6.07) is 17.0. The van der Waals surface area contributed by atoms with Crippen molar-refractivity contribution in [3.63, 3.8) is 0 Å². The summed E-state index contributed by atoms with van der Waals surface area (Å²) < 4.78 is 0. The number of pyridine rings is 1.